The summed E-state index contributed by atoms with van der Waals surface area (Å²) in [6.45, 7) is 10.1. The van der Waals surface area contributed by atoms with E-state index in [2.05, 4.69) is 46.9 Å². The molecule has 0 fully saturated rings. The monoisotopic (exact) mass is 315 g/mol. The zero-order chi connectivity index (χ0) is 15.7. The first kappa shape index (κ1) is 15.0. The fraction of sp³-hybridized carbons (Fsp3) is 0.438. The average molecular weight is 315 g/mol. The third-order valence-corrected chi connectivity index (χ3v) is 4.53. The van der Waals surface area contributed by atoms with Crippen molar-refractivity contribution in [3.63, 3.8) is 0 Å². The van der Waals surface area contributed by atoms with Crippen LogP contribution in [-0.2, 0) is 13.1 Å². The fourth-order valence-corrected chi connectivity index (χ4v) is 3.44. The van der Waals surface area contributed by atoms with Gasteiger partial charge >= 0.3 is 0 Å². The van der Waals surface area contributed by atoms with Crippen LogP contribution >= 0.6 is 11.3 Å². The van der Waals surface area contributed by atoms with Gasteiger partial charge in [-0.3, -0.25) is 4.68 Å². The zero-order valence-electron chi connectivity index (χ0n) is 13.4. The Balaban J connectivity index is 1.78. The molecule has 0 bridgehead atoms. The normalized spacial score (nSPS) is 11.5. The number of hydrogen-bond acceptors (Lipinski definition) is 4. The molecule has 3 rings (SSSR count). The lowest BCUT2D eigenvalue weighted by molar-refractivity contribution is 0.523. The van der Waals surface area contributed by atoms with Gasteiger partial charge in [0.2, 0.25) is 0 Å². The van der Waals surface area contributed by atoms with Crippen LogP contribution in [0.2, 0.25) is 0 Å². The molecule has 0 aromatic carbocycles. The number of nitrogens with zero attached hydrogens (tertiary/aromatic N) is 5. The molecule has 116 valence electrons. The summed E-state index contributed by atoms with van der Waals surface area (Å²) >= 11 is 1.66. The van der Waals surface area contributed by atoms with Gasteiger partial charge in [-0.2, -0.15) is 5.10 Å². The molecule has 0 spiro atoms. The molecule has 0 aliphatic carbocycles. The molecule has 0 radical (unpaired) electrons. The molecule has 6 heteroatoms. The molecule has 0 aliphatic heterocycles. The third kappa shape index (κ3) is 2.97. The molecule has 22 heavy (non-hydrogen) atoms. The molecule has 3 heterocycles. The maximum absolute atomic E-state index is 4.70. The summed E-state index contributed by atoms with van der Waals surface area (Å²) in [7, 11) is 0. The van der Waals surface area contributed by atoms with Crippen LogP contribution < -0.4 is 0 Å². The second-order valence-corrected chi connectivity index (χ2v) is 6.68. The van der Waals surface area contributed by atoms with Crippen molar-refractivity contribution in [1.82, 2.24) is 24.3 Å². The highest BCUT2D eigenvalue weighted by Crippen LogP contribution is 2.25. The predicted molar refractivity (Wildman–Crippen MR) is 89.1 cm³/mol. The van der Waals surface area contributed by atoms with E-state index in [0.717, 1.165) is 35.3 Å². The van der Waals surface area contributed by atoms with E-state index in [4.69, 9.17) is 4.98 Å². The summed E-state index contributed by atoms with van der Waals surface area (Å²) in [5, 5.41) is 7.62. The van der Waals surface area contributed by atoms with Crippen molar-refractivity contribution < 1.29 is 0 Å². The van der Waals surface area contributed by atoms with Crippen LogP contribution in [0.25, 0.3) is 10.8 Å². The van der Waals surface area contributed by atoms with Crippen molar-refractivity contribution >= 4 is 11.3 Å². The number of rotatable bonds is 5. The van der Waals surface area contributed by atoms with E-state index in [-0.39, 0.29) is 0 Å². The molecule has 3 aromatic heterocycles. The lowest BCUT2D eigenvalue weighted by atomic mass is 10.2. The van der Waals surface area contributed by atoms with Gasteiger partial charge in [0.05, 0.1) is 17.9 Å². The molecule has 0 N–H and O–H groups in total. The van der Waals surface area contributed by atoms with Gasteiger partial charge in [-0.1, -0.05) is 13.8 Å². The molecule has 0 saturated carbocycles. The van der Waals surface area contributed by atoms with Crippen molar-refractivity contribution in [3.8, 4) is 10.8 Å². The number of imidazole rings is 1. The van der Waals surface area contributed by atoms with E-state index in [0.29, 0.717) is 5.92 Å². The quantitative estimate of drug-likeness (QED) is 0.722. The molecular weight excluding hydrogens is 294 g/mol. The minimum absolute atomic E-state index is 0.447. The average Bonchev–Trinajstić information content (AvgIpc) is 3.15. The van der Waals surface area contributed by atoms with E-state index in [1.54, 1.807) is 11.3 Å². The Bertz CT molecular complexity index is 765. The van der Waals surface area contributed by atoms with Crippen molar-refractivity contribution in [2.45, 2.75) is 46.7 Å². The molecular formula is C16H21N5S. The van der Waals surface area contributed by atoms with Crippen molar-refractivity contribution in [1.29, 1.82) is 0 Å². The first-order chi connectivity index (χ1) is 10.5. The van der Waals surface area contributed by atoms with Crippen LogP contribution in [0, 0.1) is 13.8 Å². The third-order valence-electron chi connectivity index (χ3n) is 3.68. The number of hydrogen-bond donors (Lipinski definition) is 0. The Kier molecular flexibility index (Phi) is 4.11. The first-order valence-corrected chi connectivity index (χ1v) is 8.40. The minimum atomic E-state index is 0.447. The smallest absolute Gasteiger partial charge is 0.169 e. The van der Waals surface area contributed by atoms with Gasteiger partial charge in [0.1, 0.15) is 0 Å². The van der Waals surface area contributed by atoms with Gasteiger partial charge in [0.15, 0.2) is 10.8 Å². The van der Waals surface area contributed by atoms with Crippen molar-refractivity contribution in [2.75, 3.05) is 0 Å². The van der Waals surface area contributed by atoms with Gasteiger partial charge in [-0.15, -0.1) is 11.3 Å². The molecule has 0 saturated heterocycles. The standard InChI is InChI=1S/C16H21N5S/c1-11(2)14-10-22-16(18-14)15-17-5-6-20(15)7-8-21-13(4)9-12(3)19-21/h5-6,9-11H,7-8H2,1-4H3. The van der Waals surface area contributed by atoms with Crippen LogP contribution in [0.4, 0.5) is 0 Å². The SMILES string of the molecule is Cc1cc(C)n(CCn2ccnc2-c2nc(C(C)C)cs2)n1. The topological polar surface area (TPSA) is 48.5 Å². The molecule has 0 atom stereocenters. The second kappa shape index (κ2) is 6.04. The maximum Gasteiger partial charge on any atom is 0.169 e. The van der Waals surface area contributed by atoms with E-state index >= 15 is 0 Å². The summed E-state index contributed by atoms with van der Waals surface area (Å²) in [5.41, 5.74) is 3.38. The Morgan fingerprint density at radius 2 is 2.05 bits per heavy atom. The summed E-state index contributed by atoms with van der Waals surface area (Å²) < 4.78 is 4.19. The minimum Gasteiger partial charge on any atom is -0.327 e. The highest BCUT2D eigenvalue weighted by atomic mass is 32.1. The Hall–Kier alpha value is -1.95. The van der Waals surface area contributed by atoms with Gasteiger partial charge in [-0.05, 0) is 25.8 Å². The maximum atomic E-state index is 4.70. The Morgan fingerprint density at radius 1 is 1.23 bits per heavy atom. The van der Waals surface area contributed by atoms with Gasteiger partial charge in [-0.25, -0.2) is 9.97 Å². The highest BCUT2D eigenvalue weighted by molar-refractivity contribution is 7.13. The number of aryl methyl sites for hydroxylation is 4. The molecule has 0 amide bonds. The van der Waals surface area contributed by atoms with E-state index in [9.17, 15) is 0 Å². The first-order valence-electron chi connectivity index (χ1n) is 7.52. The summed E-state index contributed by atoms with van der Waals surface area (Å²) in [6.07, 6.45) is 3.85. The van der Waals surface area contributed by atoms with E-state index in [1.807, 2.05) is 24.0 Å². The summed E-state index contributed by atoms with van der Waals surface area (Å²) in [6, 6.07) is 2.10. The molecule has 3 aromatic rings. The fourth-order valence-electron chi connectivity index (χ4n) is 2.45. The Labute approximate surface area is 134 Å². The van der Waals surface area contributed by atoms with Crippen LogP contribution in [0.1, 0.15) is 36.8 Å². The van der Waals surface area contributed by atoms with Gasteiger partial charge < -0.3 is 4.57 Å². The van der Waals surface area contributed by atoms with Crippen molar-refractivity contribution in [3.05, 3.63) is 40.9 Å². The van der Waals surface area contributed by atoms with Crippen LogP contribution in [0.5, 0.6) is 0 Å². The van der Waals surface area contributed by atoms with Crippen molar-refractivity contribution in [2.24, 2.45) is 0 Å². The zero-order valence-corrected chi connectivity index (χ0v) is 14.3. The molecule has 0 aliphatic rings. The Morgan fingerprint density at radius 3 is 2.68 bits per heavy atom. The lowest BCUT2D eigenvalue weighted by Gasteiger charge is -2.08. The van der Waals surface area contributed by atoms with Gasteiger partial charge in [0, 0.05) is 30.0 Å². The summed E-state index contributed by atoms with van der Waals surface area (Å²) in [4.78, 5) is 9.18. The van der Waals surface area contributed by atoms with E-state index in [1.165, 1.54) is 5.69 Å². The van der Waals surface area contributed by atoms with Gasteiger partial charge in [0.25, 0.3) is 0 Å². The largest absolute Gasteiger partial charge is 0.327 e. The van der Waals surface area contributed by atoms with Crippen LogP contribution in [0.15, 0.2) is 23.8 Å². The van der Waals surface area contributed by atoms with Crippen LogP contribution in [-0.4, -0.2) is 24.3 Å². The predicted octanol–water partition coefficient (Wildman–Crippen LogP) is 3.64. The van der Waals surface area contributed by atoms with E-state index < -0.39 is 0 Å². The van der Waals surface area contributed by atoms with Crippen LogP contribution in [0.3, 0.4) is 0 Å². The molecule has 5 nitrogen and oxygen atoms in total. The highest BCUT2D eigenvalue weighted by Gasteiger charge is 2.12. The number of thiazole rings is 1. The summed E-state index contributed by atoms with van der Waals surface area (Å²) in [5.74, 6) is 1.39. The second-order valence-electron chi connectivity index (χ2n) is 5.83. The number of aromatic nitrogens is 5. The molecule has 0 unspecified atom stereocenters. The lowest BCUT2D eigenvalue weighted by Crippen LogP contribution is -2.10.